The highest BCUT2D eigenvalue weighted by Gasteiger charge is 2.33. The fourth-order valence-corrected chi connectivity index (χ4v) is 4.43. The van der Waals surface area contributed by atoms with E-state index in [2.05, 4.69) is 15.0 Å². The van der Waals surface area contributed by atoms with Crippen molar-refractivity contribution in [2.24, 2.45) is 7.05 Å². The maximum atomic E-state index is 12.8. The van der Waals surface area contributed by atoms with Crippen molar-refractivity contribution >= 4 is 10.0 Å². The van der Waals surface area contributed by atoms with Gasteiger partial charge in [-0.15, -0.1) is 0 Å². The first-order valence-corrected chi connectivity index (χ1v) is 9.69. The molecule has 25 heavy (non-hydrogen) atoms. The predicted octanol–water partition coefficient (Wildman–Crippen LogP) is 1.37. The lowest BCUT2D eigenvalue weighted by molar-refractivity contribution is 0.118. The third-order valence-electron chi connectivity index (χ3n) is 4.27. The molecule has 0 bridgehead atoms. The Kier molecular flexibility index (Phi) is 4.79. The fourth-order valence-electron chi connectivity index (χ4n) is 2.90. The zero-order valence-electron chi connectivity index (χ0n) is 14.9. The smallest absolute Gasteiger partial charge is 0.317 e. The quantitative estimate of drug-likeness (QED) is 0.813. The summed E-state index contributed by atoms with van der Waals surface area (Å²) >= 11 is 0. The van der Waals surface area contributed by atoms with Gasteiger partial charge >= 0.3 is 6.01 Å². The van der Waals surface area contributed by atoms with Crippen molar-refractivity contribution in [2.45, 2.75) is 44.7 Å². The van der Waals surface area contributed by atoms with Gasteiger partial charge in [0.15, 0.2) is 5.03 Å². The molecule has 136 valence electrons. The van der Waals surface area contributed by atoms with Gasteiger partial charge in [0.2, 0.25) is 0 Å². The van der Waals surface area contributed by atoms with Gasteiger partial charge in [0.05, 0.1) is 6.54 Å². The van der Waals surface area contributed by atoms with Gasteiger partial charge in [-0.1, -0.05) is 0 Å². The number of aryl methyl sites for hydroxylation is 4. The summed E-state index contributed by atoms with van der Waals surface area (Å²) in [6, 6.07) is 2.17. The van der Waals surface area contributed by atoms with E-state index in [1.54, 1.807) is 24.7 Å². The van der Waals surface area contributed by atoms with Gasteiger partial charge in [0, 0.05) is 31.2 Å². The molecular weight excluding hydrogens is 342 g/mol. The number of piperidine rings is 1. The second-order valence-corrected chi connectivity index (χ2v) is 8.30. The molecule has 0 radical (unpaired) electrons. The first kappa shape index (κ1) is 17.8. The molecule has 3 heterocycles. The zero-order valence-corrected chi connectivity index (χ0v) is 15.7. The third kappa shape index (κ3) is 3.82. The van der Waals surface area contributed by atoms with Crippen LogP contribution in [0.2, 0.25) is 0 Å². The molecule has 1 saturated heterocycles. The summed E-state index contributed by atoms with van der Waals surface area (Å²) in [6.45, 7) is 6.27. The minimum atomic E-state index is -3.62. The first-order chi connectivity index (χ1) is 11.8. The predicted molar refractivity (Wildman–Crippen MR) is 91.9 cm³/mol. The van der Waals surface area contributed by atoms with Gasteiger partial charge in [0.1, 0.15) is 11.9 Å². The number of sulfonamides is 1. The summed E-state index contributed by atoms with van der Waals surface area (Å²) in [5, 5.41) is 0.0794. The standard InChI is InChI=1S/C16H23N5O3S/c1-11-8-12(2)18-16(17-11)24-14-6-5-7-21(9-14)25(22,23)15-10-20(4)13(3)19-15/h8,10,14H,5-7,9H2,1-4H3. The zero-order chi connectivity index (χ0) is 18.2. The van der Waals surface area contributed by atoms with Crippen molar-refractivity contribution < 1.29 is 13.2 Å². The van der Waals surface area contributed by atoms with E-state index in [1.807, 2.05) is 19.9 Å². The molecule has 1 aliphatic heterocycles. The maximum absolute atomic E-state index is 12.8. The average molecular weight is 365 g/mol. The Morgan fingerprint density at radius 3 is 2.44 bits per heavy atom. The monoisotopic (exact) mass is 365 g/mol. The molecule has 0 saturated carbocycles. The molecule has 1 aliphatic rings. The molecule has 0 aromatic carbocycles. The largest absolute Gasteiger partial charge is 0.459 e. The van der Waals surface area contributed by atoms with E-state index in [0.29, 0.717) is 18.4 Å². The molecule has 1 atom stereocenters. The SMILES string of the molecule is Cc1cc(C)nc(OC2CCCN(S(=O)(=O)c3cn(C)c(C)n3)C2)n1. The van der Waals surface area contributed by atoms with Crippen molar-refractivity contribution in [1.29, 1.82) is 0 Å². The molecule has 0 amide bonds. The number of rotatable bonds is 4. The maximum Gasteiger partial charge on any atom is 0.317 e. The highest BCUT2D eigenvalue weighted by molar-refractivity contribution is 7.89. The van der Waals surface area contributed by atoms with Crippen molar-refractivity contribution in [1.82, 2.24) is 23.8 Å². The van der Waals surface area contributed by atoms with E-state index in [4.69, 9.17) is 4.74 Å². The van der Waals surface area contributed by atoms with Crippen LogP contribution in [0.4, 0.5) is 0 Å². The van der Waals surface area contributed by atoms with Crippen molar-refractivity contribution in [2.75, 3.05) is 13.1 Å². The van der Waals surface area contributed by atoms with Crippen LogP contribution in [0.25, 0.3) is 0 Å². The Morgan fingerprint density at radius 2 is 1.84 bits per heavy atom. The Balaban J connectivity index is 1.76. The van der Waals surface area contributed by atoms with Gasteiger partial charge in [-0.2, -0.15) is 4.31 Å². The molecule has 3 rings (SSSR count). The van der Waals surface area contributed by atoms with Crippen LogP contribution < -0.4 is 4.74 Å². The Labute approximate surface area is 147 Å². The third-order valence-corrected chi connectivity index (χ3v) is 6.00. The van der Waals surface area contributed by atoms with Gasteiger partial charge in [-0.05, 0) is 39.7 Å². The summed E-state index contributed by atoms with van der Waals surface area (Å²) in [5.74, 6) is 0.659. The minimum absolute atomic E-state index is 0.0794. The van der Waals surface area contributed by atoms with Crippen LogP contribution in [0.1, 0.15) is 30.1 Å². The molecule has 0 aliphatic carbocycles. The van der Waals surface area contributed by atoms with E-state index in [-0.39, 0.29) is 17.7 Å². The highest BCUT2D eigenvalue weighted by atomic mass is 32.2. The van der Waals surface area contributed by atoms with E-state index in [9.17, 15) is 8.42 Å². The van der Waals surface area contributed by atoms with Crippen LogP contribution in [-0.2, 0) is 17.1 Å². The average Bonchev–Trinajstić information content (AvgIpc) is 2.87. The molecule has 0 spiro atoms. The van der Waals surface area contributed by atoms with E-state index >= 15 is 0 Å². The second-order valence-electron chi connectivity index (χ2n) is 6.42. The van der Waals surface area contributed by atoms with Crippen LogP contribution in [0, 0.1) is 20.8 Å². The normalized spacial score (nSPS) is 19.1. The number of ether oxygens (including phenoxy) is 1. The topological polar surface area (TPSA) is 90.2 Å². The summed E-state index contributed by atoms with van der Waals surface area (Å²) in [5.41, 5.74) is 1.65. The Hall–Kier alpha value is -2.00. The van der Waals surface area contributed by atoms with E-state index in [0.717, 1.165) is 24.2 Å². The van der Waals surface area contributed by atoms with Crippen molar-refractivity contribution in [3.63, 3.8) is 0 Å². The van der Waals surface area contributed by atoms with E-state index < -0.39 is 10.0 Å². The number of imidazole rings is 1. The van der Waals surface area contributed by atoms with Gasteiger partial charge in [-0.3, -0.25) is 0 Å². The molecular formula is C16H23N5O3S. The fraction of sp³-hybridized carbons (Fsp3) is 0.562. The lowest BCUT2D eigenvalue weighted by Gasteiger charge is -2.31. The molecule has 2 aromatic rings. The molecule has 2 aromatic heterocycles. The number of nitrogens with zero attached hydrogens (tertiary/aromatic N) is 5. The van der Waals surface area contributed by atoms with Crippen LogP contribution in [0.3, 0.4) is 0 Å². The van der Waals surface area contributed by atoms with Crippen LogP contribution in [-0.4, -0.2) is 51.4 Å². The summed E-state index contributed by atoms with van der Waals surface area (Å²) < 4.78 is 34.6. The van der Waals surface area contributed by atoms with Crippen molar-refractivity contribution in [3.05, 3.63) is 29.5 Å². The number of aromatic nitrogens is 4. The van der Waals surface area contributed by atoms with Gasteiger partial charge in [-0.25, -0.2) is 23.4 Å². The lowest BCUT2D eigenvalue weighted by atomic mass is 10.1. The molecule has 8 nitrogen and oxygen atoms in total. The summed E-state index contributed by atoms with van der Waals surface area (Å²) in [7, 11) is -1.85. The van der Waals surface area contributed by atoms with Gasteiger partial charge in [0.25, 0.3) is 10.0 Å². The van der Waals surface area contributed by atoms with Crippen LogP contribution in [0.5, 0.6) is 6.01 Å². The number of hydrogen-bond acceptors (Lipinski definition) is 6. The molecule has 0 N–H and O–H groups in total. The molecule has 1 unspecified atom stereocenters. The summed E-state index contributed by atoms with van der Waals surface area (Å²) in [4.78, 5) is 12.7. The molecule has 1 fully saturated rings. The first-order valence-electron chi connectivity index (χ1n) is 8.25. The summed E-state index contributed by atoms with van der Waals surface area (Å²) in [6.07, 6.45) is 2.77. The van der Waals surface area contributed by atoms with E-state index in [1.165, 1.54) is 4.31 Å². The highest BCUT2D eigenvalue weighted by Crippen LogP contribution is 2.22. The van der Waals surface area contributed by atoms with Crippen molar-refractivity contribution in [3.8, 4) is 6.01 Å². The van der Waals surface area contributed by atoms with Crippen LogP contribution >= 0.6 is 0 Å². The van der Waals surface area contributed by atoms with Gasteiger partial charge < -0.3 is 9.30 Å². The Bertz CT molecular complexity index is 838. The molecule has 9 heteroatoms. The second kappa shape index (κ2) is 6.72. The number of hydrogen-bond donors (Lipinski definition) is 0. The lowest BCUT2D eigenvalue weighted by Crippen LogP contribution is -2.44. The Morgan fingerprint density at radius 1 is 1.16 bits per heavy atom. The minimum Gasteiger partial charge on any atom is -0.459 e. The van der Waals surface area contributed by atoms with Crippen LogP contribution in [0.15, 0.2) is 17.3 Å².